The Morgan fingerprint density at radius 3 is 2.63 bits per heavy atom. The number of aromatic nitrogens is 2. The third kappa shape index (κ3) is 1.39. The topological polar surface area (TPSA) is 39.9 Å². The minimum absolute atomic E-state index is 0.0281. The molecule has 4 rings (SSSR count). The van der Waals surface area contributed by atoms with Crippen molar-refractivity contribution in [2.75, 3.05) is 0 Å². The molecule has 2 N–H and O–H groups in total. The van der Waals surface area contributed by atoms with Crippen molar-refractivity contribution in [1.82, 2.24) is 4.98 Å². The molecule has 19 heavy (non-hydrogen) atoms. The fourth-order valence-corrected chi connectivity index (χ4v) is 2.82. The van der Waals surface area contributed by atoms with E-state index in [1.54, 1.807) is 0 Å². The molecule has 0 aliphatic carbocycles. The molecule has 0 aliphatic rings. The molecule has 0 aliphatic heterocycles. The SMILES string of the molecule is OC[n+]1c2ccccc2cc2[nH]c3ccccc3c21. The van der Waals surface area contributed by atoms with Crippen LogP contribution in [0.25, 0.3) is 32.8 Å². The second-order valence-electron chi connectivity index (χ2n) is 4.71. The average Bonchev–Trinajstić information content (AvgIpc) is 2.82. The zero-order chi connectivity index (χ0) is 12.8. The van der Waals surface area contributed by atoms with E-state index in [0.29, 0.717) is 0 Å². The number of aliphatic hydroxyl groups excluding tert-OH is 1. The van der Waals surface area contributed by atoms with Crippen LogP contribution in [0.15, 0.2) is 54.6 Å². The van der Waals surface area contributed by atoms with Gasteiger partial charge in [0, 0.05) is 11.5 Å². The fourth-order valence-electron chi connectivity index (χ4n) is 2.82. The second kappa shape index (κ2) is 3.80. The summed E-state index contributed by atoms with van der Waals surface area (Å²) in [5.41, 5.74) is 4.24. The molecule has 92 valence electrons. The number of hydrogen-bond donors (Lipinski definition) is 2. The maximum atomic E-state index is 9.76. The number of aromatic amines is 1. The molecule has 0 fully saturated rings. The van der Waals surface area contributed by atoms with Crippen LogP contribution in [0.1, 0.15) is 0 Å². The number of H-pyrrole nitrogens is 1. The largest absolute Gasteiger partial charge is 0.349 e. The van der Waals surface area contributed by atoms with E-state index in [2.05, 4.69) is 29.2 Å². The summed E-state index contributed by atoms with van der Waals surface area (Å²) in [4.78, 5) is 3.41. The third-order valence-electron chi connectivity index (χ3n) is 3.65. The monoisotopic (exact) mass is 249 g/mol. The summed E-state index contributed by atoms with van der Waals surface area (Å²) in [6.45, 7) is -0.0281. The van der Waals surface area contributed by atoms with Crippen molar-refractivity contribution < 1.29 is 9.67 Å². The number of rotatable bonds is 1. The van der Waals surface area contributed by atoms with Gasteiger partial charge in [0.05, 0.1) is 10.9 Å². The van der Waals surface area contributed by atoms with E-state index < -0.39 is 0 Å². The quantitative estimate of drug-likeness (QED) is 0.500. The number of para-hydroxylation sites is 2. The van der Waals surface area contributed by atoms with E-state index in [1.165, 1.54) is 0 Å². The van der Waals surface area contributed by atoms with Gasteiger partial charge in [0.1, 0.15) is 5.52 Å². The van der Waals surface area contributed by atoms with E-state index >= 15 is 0 Å². The first kappa shape index (κ1) is 10.5. The van der Waals surface area contributed by atoms with Crippen molar-refractivity contribution >= 4 is 32.8 Å². The Balaban J connectivity index is 2.33. The molecule has 2 heterocycles. The summed E-state index contributed by atoms with van der Waals surface area (Å²) in [6.07, 6.45) is 0. The van der Waals surface area contributed by atoms with Gasteiger partial charge in [0.15, 0.2) is 0 Å². The third-order valence-corrected chi connectivity index (χ3v) is 3.65. The van der Waals surface area contributed by atoms with Gasteiger partial charge >= 0.3 is 0 Å². The summed E-state index contributed by atoms with van der Waals surface area (Å²) in [7, 11) is 0. The number of nitrogens with zero attached hydrogens (tertiary/aromatic N) is 1. The Hall–Kier alpha value is -2.39. The Morgan fingerprint density at radius 1 is 0.947 bits per heavy atom. The highest BCUT2D eigenvalue weighted by molar-refractivity contribution is 6.05. The van der Waals surface area contributed by atoms with Gasteiger partial charge in [-0.3, -0.25) is 0 Å². The van der Waals surface area contributed by atoms with E-state index in [1.807, 2.05) is 34.9 Å². The van der Waals surface area contributed by atoms with Crippen LogP contribution in [0.4, 0.5) is 0 Å². The van der Waals surface area contributed by atoms with Crippen LogP contribution in [0.3, 0.4) is 0 Å². The lowest BCUT2D eigenvalue weighted by molar-refractivity contribution is -0.681. The first-order valence-corrected chi connectivity index (χ1v) is 6.31. The number of hydrogen-bond acceptors (Lipinski definition) is 1. The fraction of sp³-hybridized carbons (Fsp3) is 0.0625. The van der Waals surface area contributed by atoms with Crippen molar-refractivity contribution in [1.29, 1.82) is 0 Å². The Morgan fingerprint density at radius 2 is 1.74 bits per heavy atom. The van der Waals surface area contributed by atoms with Crippen LogP contribution < -0.4 is 4.57 Å². The average molecular weight is 249 g/mol. The molecule has 3 nitrogen and oxygen atoms in total. The first-order valence-electron chi connectivity index (χ1n) is 6.31. The molecule has 0 amide bonds. The van der Waals surface area contributed by atoms with Crippen molar-refractivity contribution in [3.8, 4) is 0 Å². The van der Waals surface area contributed by atoms with E-state index in [9.17, 15) is 5.11 Å². The van der Waals surface area contributed by atoms with Crippen molar-refractivity contribution in [3.63, 3.8) is 0 Å². The predicted octanol–water partition coefficient (Wildman–Crippen LogP) is 2.71. The highest BCUT2D eigenvalue weighted by atomic mass is 16.3. The van der Waals surface area contributed by atoms with E-state index in [4.69, 9.17) is 0 Å². The van der Waals surface area contributed by atoms with Gasteiger partial charge in [-0.05, 0) is 24.3 Å². The smallest absolute Gasteiger partial charge is 0.251 e. The van der Waals surface area contributed by atoms with Crippen molar-refractivity contribution in [2.24, 2.45) is 0 Å². The zero-order valence-corrected chi connectivity index (χ0v) is 10.3. The van der Waals surface area contributed by atoms with Gasteiger partial charge in [-0.2, -0.15) is 4.57 Å². The number of nitrogens with one attached hydrogen (secondary N) is 1. The Labute approximate surface area is 109 Å². The normalized spacial score (nSPS) is 11.6. The molecular formula is C16H13N2O+. The maximum Gasteiger partial charge on any atom is 0.251 e. The molecular weight excluding hydrogens is 236 g/mol. The Kier molecular flexibility index (Phi) is 2.11. The second-order valence-corrected chi connectivity index (χ2v) is 4.71. The van der Waals surface area contributed by atoms with Crippen molar-refractivity contribution in [2.45, 2.75) is 6.73 Å². The minimum atomic E-state index is -0.0281. The van der Waals surface area contributed by atoms with Crippen LogP contribution in [-0.4, -0.2) is 10.1 Å². The van der Waals surface area contributed by atoms with Crippen molar-refractivity contribution in [3.05, 3.63) is 54.6 Å². The van der Waals surface area contributed by atoms with Gasteiger partial charge < -0.3 is 10.1 Å². The summed E-state index contributed by atoms with van der Waals surface area (Å²) in [6, 6.07) is 18.4. The van der Waals surface area contributed by atoms with Crippen LogP contribution in [0.5, 0.6) is 0 Å². The lowest BCUT2D eigenvalue weighted by Gasteiger charge is -2.00. The van der Waals surface area contributed by atoms with Gasteiger partial charge in [0.2, 0.25) is 11.0 Å². The molecule has 0 atom stereocenters. The minimum Gasteiger partial charge on any atom is -0.349 e. The number of pyridine rings is 1. The summed E-state index contributed by atoms with van der Waals surface area (Å²) in [5, 5.41) is 12.0. The van der Waals surface area contributed by atoms with Crippen LogP contribution >= 0.6 is 0 Å². The standard InChI is InChI=1S/C16H12N2O/c19-10-18-15-8-4-1-5-11(15)9-14-16(18)12-6-2-3-7-13(12)17-14/h1-9,19H,10H2/p+1. The van der Waals surface area contributed by atoms with Gasteiger partial charge in [-0.15, -0.1) is 0 Å². The molecule has 0 spiro atoms. The lowest BCUT2D eigenvalue weighted by Crippen LogP contribution is -2.35. The predicted molar refractivity (Wildman–Crippen MR) is 75.7 cm³/mol. The highest BCUT2D eigenvalue weighted by Gasteiger charge is 2.18. The molecule has 0 bridgehead atoms. The summed E-state index contributed by atoms with van der Waals surface area (Å²) in [5.74, 6) is 0. The van der Waals surface area contributed by atoms with E-state index in [0.717, 1.165) is 32.8 Å². The summed E-state index contributed by atoms with van der Waals surface area (Å²) < 4.78 is 1.95. The Bertz CT molecular complexity index is 908. The zero-order valence-electron chi connectivity index (χ0n) is 10.3. The highest BCUT2D eigenvalue weighted by Crippen LogP contribution is 2.25. The molecule has 3 heteroatoms. The lowest BCUT2D eigenvalue weighted by atomic mass is 10.1. The van der Waals surface area contributed by atoms with Gasteiger partial charge in [0.25, 0.3) is 6.73 Å². The first-order chi connectivity index (χ1) is 9.38. The molecule has 2 aromatic heterocycles. The molecule has 4 aromatic rings. The van der Waals surface area contributed by atoms with E-state index in [-0.39, 0.29) is 6.73 Å². The number of aliphatic hydroxyl groups is 1. The number of benzene rings is 2. The molecule has 0 saturated carbocycles. The van der Waals surface area contributed by atoms with Crippen LogP contribution in [0, 0.1) is 0 Å². The molecule has 0 unspecified atom stereocenters. The van der Waals surface area contributed by atoms with Gasteiger partial charge in [-0.25, -0.2) is 0 Å². The molecule has 0 saturated heterocycles. The molecule has 2 aromatic carbocycles. The maximum absolute atomic E-state index is 9.76. The van der Waals surface area contributed by atoms with Gasteiger partial charge in [-0.1, -0.05) is 24.3 Å². The van der Waals surface area contributed by atoms with Crippen LogP contribution in [-0.2, 0) is 6.73 Å². The van der Waals surface area contributed by atoms with Crippen LogP contribution in [0.2, 0.25) is 0 Å². The number of fused-ring (bicyclic) bond motifs is 4. The molecule has 0 radical (unpaired) electrons. The summed E-state index contributed by atoms with van der Waals surface area (Å²) >= 11 is 0.